The van der Waals surface area contributed by atoms with E-state index in [-0.39, 0.29) is 12.5 Å². The number of carbonyl (C=O) groups is 1. The molecule has 1 aliphatic rings. The number of amides is 1. The summed E-state index contributed by atoms with van der Waals surface area (Å²) >= 11 is 0. The summed E-state index contributed by atoms with van der Waals surface area (Å²) in [7, 11) is 0. The number of aliphatic imine (C=N–C) groups is 1. The molecule has 0 saturated heterocycles. The van der Waals surface area contributed by atoms with Crippen LogP contribution in [0.2, 0.25) is 0 Å². The Morgan fingerprint density at radius 1 is 1.13 bits per heavy atom. The van der Waals surface area contributed by atoms with Gasteiger partial charge in [-0.1, -0.05) is 42.5 Å². The van der Waals surface area contributed by atoms with E-state index in [0.29, 0.717) is 32.8 Å². The van der Waals surface area contributed by atoms with Crippen LogP contribution in [0.4, 0.5) is 5.69 Å². The largest absolute Gasteiger partial charge is 0.482 e. The van der Waals surface area contributed by atoms with Gasteiger partial charge in [-0.05, 0) is 31.0 Å². The number of hydrogen-bond donors (Lipinski definition) is 2. The molecule has 1 aliphatic heterocycles. The van der Waals surface area contributed by atoms with Crippen LogP contribution in [0.1, 0.15) is 18.9 Å². The van der Waals surface area contributed by atoms with Gasteiger partial charge in [-0.3, -0.25) is 9.79 Å². The lowest BCUT2D eigenvalue weighted by Gasteiger charge is -2.29. The van der Waals surface area contributed by atoms with Gasteiger partial charge in [-0.15, -0.1) is 0 Å². The third-order valence-electron chi connectivity index (χ3n) is 4.61. The highest BCUT2D eigenvalue weighted by molar-refractivity contribution is 5.97. The summed E-state index contributed by atoms with van der Waals surface area (Å²) in [6.45, 7) is 6.01. The van der Waals surface area contributed by atoms with Crippen molar-refractivity contribution in [2.75, 3.05) is 44.3 Å². The fraction of sp³-hybridized carbons (Fsp3) is 0.391. The first-order valence-electron chi connectivity index (χ1n) is 10.4. The average Bonchev–Trinajstić information content (AvgIpc) is 2.78. The zero-order chi connectivity index (χ0) is 21.0. The van der Waals surface area contributed by atoms with Gasteiger partial charge < -0.3 is 25.0 Å². The fourth-order valence-electron chi connectivity index (χ4n) is 3.17. The number of para-hydroxylation sites is 2. The van der Waals surface area contributed by atoms with Crippen molar-refractivity contribution in [2.45, 2.75) is 20.0 Å². The maximum atomic E-state index is 12.2. The summed E-state index contributed by atoms with van der Waals surface area (Å²) in [6.07, 6.45) is 0.765. The number of nitrogens with one attached hydrogen (secondary N) is 2. The molecule has 1 amide bonds. The van der Waals surface area contributed by atoms with Crippen molar-refractivity contribution in [3.05, 3.63) is 60.2 Å². The second-order valence-corrected chi connectivity index (χ2v) is 6.88. The number of carbonyl (C=O) groups excluding carboxylic acids is 1. The molecular weight excluding hydrogens is 380 g/mol. The molecule has 0 fully saturated rings. The fourth-order valence-corrected chi connectivity index (χ4v) is 3.17. The number of rotatable bonds is 10. The average molecular weight is 411 g/mol. The Balaban J connectivity index is 1.40. The highest BCUT2D eigenvalue weighted by Gasteiger charge is 2.24. The van der Waals surface area contributed by atoms with Crippen LogP contribution in [-0.4, -0.2) is 51.3 Å². The van der Waals surface area contributed by atoms with E-state index in [1.165, 1.54) is 0 Å². The molecule has 2 aromatic carbocycles. The van der Waals surface area contributed by atoms with Crippen molar-refractivity contribution < 1.29 is 14.3 Å². The summed E-state index contributed by atoms with van der Waals surface area (Å²) in [5.74, 6) is 1.50. The second-order valence-electron chi connectivity index (χ2n) is 6.88. The summed E-state index contributed by atoms with van der Waals surface area (Å²) in [4.78, 5) is 18.6. The molecule has 2 N–H and O–H groups in total. The van der Waals surface area contributed by atoms with Gasteiger partial charge in [0, 0.05) is 26.2 Å². The van der Waals surface area contributed by atoms with Gasteiger partial charge in [-0.25, -0.2) is 0 Å². The minimum absolute atomic E-state index is 0.0155. The van der Waals surface area contributed by atoms with Gasteiger partial charge in [0.2, 0.25) is 0 Å². The predicted octanol–water partition coefficient (Wildman–Crippen LogP) is 2.57. The summed E-state index contributed by atoms with van der Waals surface area (Å²) in [5.41, 5.74) is 2.00. The molecule has 0 radical (unpaired) electrons. The minimum Gasteiger partial charge on any atom is -0.482 e. The molecule has 0 atom stereocenters. The van der Waals surface area contributed by atoms with Gasteiger partial charge in [0.15, 0.2) is 12.6 Å². The molecule has 0 saturated carbocycles. The summed E-state index contributed by atoms with van der Waals surface area (Å²) in [5, 5.41) is 6.52. The SMILES string of the molecule is CCNC(=NCCCN1C(=O)COc2ccccc21)NCCOCc1ccccc1. The monoisotopic (exact) mass is 410 g/mol. The molecule has 2 aromatic rings. The molecule has 1 heterocycles. The third kappa shape index (κ3) is 6.49. The number of nitrogens with zero attached hydrogens (tertiary/aromatic N) is 2. The highest BCUT2D eigenvalue weighted by Crippen LogP contribution is 2.31. The van der Waals surface area contributed by atoms with E-state index in [2.05, 4.69) is 27.8 Å². The topological polar surface area (TPSA) is 75.2 Å². The van der Waals surface area contributed by atoms with Crippen molar-refractivity contribution in [3.8, 4) is 5.75 Å². The molecule has 0 aromatic heterocycles. The molecule has 0 bridgehead atoms. The second kappa shape index (κ2) is 11.8. The van der Waals surface area contributed by atoms with Crippen molar-refractivity contribution in [2.24, 2.45) is 4.99 Å². The lowest BCUT2D eigenvalue weighted by atomic mass is 10.2. The number of guanidine groups is 1. The van der Waals surface area contributed by atoms with Crippen LogP contribution in [0.25, 0.3) is 0 Å². The standard InChI is InChI=1S/C23H30N4O3/c1-2-24-23(26-14-16-29-17-19-9-4-3-5-10-19)25-13-8-15-27-20-11-6-7-12-21(20)30-18-22(27)28/h3-7,9-12H,2,8,13-18H2,1H3,(H2,24,25,26). The Kier molecular flexibility index (Phi) is 8.53. The van der Waals surface area contributed by atoms with Crippen LogP contribution in [0.3, 0.4) is 0 Å². The Hall–Kier alpha value is -3.06. The van der Waals surface area contributed by atoms with E-state index in [4.69, 9.17) is 9.47 Å². The van der Waals surface area contributed by atoms with E-state index in [1.807, 2.05) is 49.4 Å². The Morgan fingerprint density at radius 3 is 2.77 bits per heavy atom. The van der Waals surface area contributed by atoms with Crippen LogP contribution >= 0.6 is 0 Å². The zero-order valence-corrected chi connectivity index (χ0v) is 17.5. The van der Waals surface area contributed by atoms with Gasteiger partial charge in [0.05, 0.1) is 18.9 Å². The quantitative estimate of drug-likeness (QED) is 0.358. The summed E-state index contributed by atoms with van der Waals surface area (Å²) in [6, 6.07) is 17.8. The smallest absolute Gasteiger partial charge is 0.265 e. The third-order valence-corrected chi connectivity index (χ3v) is 4.61. The first-order chi connectivity index (χ1) is 14.8. The van der Waals surface area contributed by atoms with E-state index in [9.17, 15) is 4.79 Å². The minimum atomic E-state index is -0.0155. The van der Waals surface area contributed by atoms with E-state index in [0.717, 1.165) is 35.9 Å². The van der Waals surface area contributed by atoms with Crippen LogP contribution in [-0.2, 0) is 16.1 Å². The van der Waals surface area contributed by atoms with Crippen molar-refractivity contribution >= 4 is 17.6 Å². The highest BCUT2D eigenvalue weighted by atomic mass is 16.5. The van der Waals surface area contributed by atoms with Crippen LogP contribution in [0.15, 0.2) is 59.6 Å². The lowest BCUT2D eigenvalue weighted by Crippen LogP contribution is -2.40. The van der Waals surface area contributed by atoms with Gasteiger partial charge in [0.1, 0.15) is 5.75 Å². The molecule has 0 aliphatic carbocycles. The number of anilines is 1. The Bertz CT molecular complexity index is 826. The first-order valence-corrected chi connectivity index (χ1v) is 10.4. The molecular formula is C23H30N4O3. The first kappa shape index (κ1) is 21.6. The molecule has 7 heteroatoms. The zero-order valence-electron chi connectivity index (χ0n) is 17.5. The number of fused-ring (bicyclic) bond motifs is 1. The van der Waals surface area contributed by atoms with Gasteiger partial charge in [0.25, 0.3) is 5.91 Å². The van der Waals surface area contributed by atoms with Gasteiger partial charge >= 0.3 is 0 Å². The molecule has 0 spiro atoms. The molecule has 30 heavy (non-hydrogen) atoms. The van der Waals surface area contributed by atoms with E-state index < -0.39 is 0 Å². The normalized spacial score (nSPS) is 13.6. The summed E-state index contributed by atoms with van der Waals surface area (Å²) < 4.78 is 11.2. The van der Waals surface area contributed by atoms with Crippen LogP contribution in [0.5, 0.6) is 5.75 Å². The van der Waals surface area contributed by atoms with Crippen molar-refractivity contribution in [1.82, 2.24) is 10.6 Å². The van der Waals surface area contributed by atoms with Crippen molar-refractivity contribution in [1.29, 1.82) is 0 Å². The predicted molar refractivity (Wildman–Crippen MR) is 119 cm³/mol. The Morgan fingerprint density at radius 2 is 1.93 bits per heavy atom. The number of ether oxygens (including phenoxy) is 2. The van der Waals surface area contributed by atoms with E-state index in [1.54, 1.807) is 4.90 Å². The molecule has 0 unspecified atom stereocenters. The van der Waals surface area contributed by atoms with Crippen molar-refractivity contribution in [3.63, 3.8) is 0 Å². The maximum Gasteiger partial charge on any atom is 0.265 e. The lowest BCUT2D eigenvalue weighted by molar-refractivity contribution is -0.121. The van der Waals surface area contributed by atoms with Crippen LogP contribution in [0, 0.1) is 0 Å². The Labute approximate surface area is 178 Å². The van der Waals surface area contributed by atoms with E-state index >= 15 is 0 Å². The molecule has 7 nitrogen and oxygen atoms in total. The number of hydrogen-bond acceptors (Lipinski definition) is 4. The molecule has 3 rings (SSSR count). The molecule has 160 valence electrons. The van der Waals surface area contributed by atoms with Gasteiger partial charge in [-0.2, -0.15) is 0 Å². The number of benzene rings is 2. The van der Waals surface area contributed by atoms with Crippen LogP contribution < -0.4 is 20.3 Å². The maximum absolute atomic E-state index is 12.2.